The number of hydrogen-bond acceptors (Lipinski definition) is 4. The Hall–Kier alpha value is -1.63. The van der Waals surface area contributed by atoms with Crippen LogP contribution in [-0.4, -0.2) is 60.1 Å². The second-order valence-electron chi connectivity index (χ2n) is 5.66. The van der Waals surface area contributed by atoms with Crippen LogP contribution in [-0.2, 0) is 19.1 Å². The molecule has 2 aliphatic rings. The van der Waals surface area contributed by atoms with Gasteiger partial charge in [-0.1, -0.05) is 0 Å². The first-order chi connectivity index (χ1) is 10.0. The molecule has 0 radical (unpaired) electrons. The van der Waals surface area contributed by atoms with E-state index in [0.717, 1.165) is 19.3 Å². The molecule has 1 aliphatic carbocycles. The molecule has 2 rings (SSSR count). The second-order valence-corrected chi connectivity index (χ2v) is 5.66. The molecule has 1 heterocycles. The Morgan fingerprint density at radius 2 is 2.05 bits per heavy atom. The Kier molecular flexibility index (Phi) is 5.17. The molecule has 2 unspecified atom stereocenters. The summed E-state index contributed by atoms with van der Waals surface area (Å²) in [6.45, 7) is 0.778. The smallest absolute Gasteiger partial charge is 0.306 e. The molecule has 2 amide bonds. The molecule has 1 saturated heterocycles. The van der Waals surface area contributed by atoms with Crippen LogP contribution in [0.4, 0.5) is 0 Å². The van der Waals surface area contributed by atoms with Crippen molar-refractivity contribution in [3.63, 3.8) is 0 Å². The average Bonchev–Trinajstić information content (AvgIpc) is 3.18. The van der Waals surface area contributed by atoms with E-state index in [1.807, 2.05) is 0 Å². The van der Waals surface area contributed by atoms with Gasteiger partial charge < -0.3 is 20.1 Å². The molecule has 0 spiro atoms. The summed E-state index contributed by atoms with van der Waals surface area (Å²) in [5, 5.41) is 11.4. The molecule has 0 aromatic carbocycles. The van der Waals surface area contributed by atoms with E-state index in [1.54, 1.807) is 4.90 Å². The highest BCUT2D eigenvalue weighted by Gasteiger charge is 2.40. The largest absolute Gasteiger partial charge is 0.481 e. The number of hydrogen-bond donors (Lipinski definition) is 2. The number of methoxy groups -OCH3 is 1. The molecular weight excluding hydrogens is 276 g/mol. The van der Waals surface area contributed by atoms with Crippen molar-refractivity contribution < 1.29 is 24.2 Å². The van der Waals surface area contributed by atoms with Gasteiger partial charge >= 0.3 is 5.97 Å². The summed E-state index contributed by atoms with van der Waals surface area (Å²) in [6, 6.07) is -0.416. The Balaban J connectivity index is 1.83. The van der Waals surface area contributed by atoms with E-state index in [1.165, 1.54) is 7.11 Å². The van der Waals surface area contributed by atoms with Gasteiger partial charge in [0.15, 0.2) is 0 Å². The van der Waals surface area contributed by atoms with Crippen LogP contribution in [0.1, 0.15) is 32.1 Å². The molecule has 0 aromatic rings. The van der Waals surface area contributed by atoms with Crippen molar-refractivity contribution in [2.75, 3.05) is 20.2 Å². The normalized spacial score (nSPS) is 22.9. The summed E-state index contributed by atoms with van der Waals surface area (Å²) in [4.78, 5) is 36.6. The van der Waals surface area contributed by atoms with Crippen LogP contribution >= 0.6 is 0 Å². The summed E-state index contributed by atoms with van der Waals surface area (Å²) in [6.07, 6.45) is 2.63. The van der Waals surface area contributed by atoms with Gasteiger partial charge in [0.05, 0.1) is 12.5 Å². The number of carbonyl (C=O) groups excluding carboxylic acids is 2. The van der Waals surface area contributed by atoms with Crippen molar-refractivity contribution in [3.05, 3.63) is 0 Å². The van der Waals surface area contributed by atoms with Gasteiger partial charge in [-0.05, 0) is 25.7 Å². The van der Waals surface area contributed by atoms with E-state index < -0.39 is 18.1 Å². The number of carboxylic acids is 1. The van der Waals surface area contributed by atoms with E-state index in [0.29, 0.717) is 13.0 Å². The van der Waals surface area contributed by atoms with Crippen LogP contribution in [0.2, 0.25) is 0 Å². The number of ether oxygens (including phenoxy) is 1. The predicted octanol–water partition coefficient (Wildman–Crippen LogP) is -0.00670. The van der Waals surface area contributed by atoms with Crippen LogP contribution in [0.15, 0.2) is 0 Å². The van der Waals surface area contributed by atoms with Crippen LogP contribution in [0.3, 0.4) is 0 Å². The van der Waals surface area contributed by atoms with Gasteiger partial charge in [-0.3, -0.25) is 14.4 Å². The quantitative estimate of drug-likeness (QED) is 0.689. The fraction of sp³-hybridized carbons (Fsp3) is 0.786. The molecule has 7 nitrogen and oxygen atoms in total. The molecule has 21 heavy (non-hydrogen) atoms. The second kappa shape index (κ2) is 6.89. The van der Waals surface area contributed by atoms with E-state index in [-0.39, 0.29) is 30.7 Å². The first-order valence-electron chi connectivity index (χ1n) is 7.35. The monoisotopic (exact) mass is 298 g/mol. The molecule has 2 N–H and O–H groups in total. The highest BCUT2D eigenvalue weighted by atomic mass is 16.5. The zero-order valence-electron chi connectivity index (χ0n) is 12.2. The van der Waals surface area contributed by atoms with Crippen molar-refractivity contribution in [2.24, 2.45) is 5.92 Å². The third-order valence-corrected chi connectivity index (χ3v) is 4.00. The van der Waals surface area contributed by atoms with Crippen LogP contribution < -0.4 is 5.32 Å². The van der Waals surface area contributed by atoms with Crippen molar-refractivity contribution in [3.8, 4) is 0 Å². The third-order valence-electron chi connectivity index (χ3n) is 4.00. The molecule has 2 fully saturated rings. The number of nitrogens with one attached hydrogen (secondary N) is 1. The highest BCUT2D eigenvalue weighted by molar-refractivity contribution is 5.90. The lowest BCUT2D eigenvalue weighted by atomic mass is 10.2. The number of likely N-dealkylation sites (tertiary alicyclic amines) is 1. The van der Waals surface area contributed by atoms with Crippen molar-refractivity contribution >= 4 is 17.8 Å². The number of carboxylic acid groups (broad SMARTS) is 1. The summed E-state index contributed by atoms with van der Waals surface area (Å²) < 4.78 is 5.02. The molecule has 1 aliphatic heterocycles. The molecular formula is C14H22N2O5. The summed E-state index contributed by atoms with van der Waals surface area (Å²) >= 11 is 0. The zero-order chi connectivity index (χ0) is 15.4. The Morgan fingerprint density at radius 1 is 1.33 bits per heavy atom. The number of rotatable bonds is 7. The van der Waals surface area contributed by atoms with E-state index >= 15 is 0 Å². The SMILES string of the molecule is COC(CNC(=O)C1CCCN1C(=O)C1CC1)CC(=O)O. The van der Waals surface area contributed by atoms with Gasteiger partial charge in [0.25, 0.3) is 0 Å². The van der Waals surface area contributed by atoms with Gasteiger partial charge in [0.1, 0.15) is 6.04 Å². The first-order valence-corrected chi connectivity index (χ1v) is 7.35. The highest BCUT2D eigenvalue weighted by Crippen LogP contribution is 2.33. The minimum absolute atomic E-state index is 0.0847. The Morgan fingerprint density at radius 3 is 2.62 bits per heavy atom. The van der Waals surface area contributed by atoms with Gasteiger partial charge in [-0.2, -0.15) is 0 Å². The maximum atomic E-state index is 12.2. The van der Waals surface area contributed by atoms with Gasteiger partial charge in [0.2, 0.25) is 11.8 Å². The van der Waals surface area contributed by atoms with Gasteiger partial charge in [0, 0.05) is 26.1 Å². The fourth-order valence-electron chi connectivity index (χ4n) is 2.63. The minimum atomic E-state index is -0.970. The lowest BCUT2D eigenvalue weighted by Gasteiger charge is -2.24. The standard InChI is InChI=1S/C14H22N2O5/c1-21-10(7-12(17)18)8-15-13(19)11-3-2-6-16(11)14(20)9-4-5-9/h9-11H,2-8H2,1H3,(H,15,19)(H,17,18). The lowest BCUT2D eigenvalue weighted by Crippen LogP contribution is -2.48. The molecule has 118 valence electrons. The molecule has 2 atom stereocenters. The topological polar surface area (TPSA) is 95.9 Å². The number of nitrogens with zero attached hydrogens (tertiary/aromatic N) is 1. The molecule has 0 aromatic heterocycles. The first kappa shape index (κ1) is 15.8. The van der Waals surface area contributed by atoms with Gasteiger partial charge in [-0.15, -0.1) is 0 Å². The zero-order valence-corrected chi connectivity index (χ0v) is 12.2. The summed E-state index contributed by atoms with van der Waals surface area (Å²) in [7, 11) is 1.41. The maximum absolute atomic E-state index is 12.2. The third kappa shape index (κ3) is 4.17. The van der Waals surface area contributed by atoms with E-state index in [4.69, 9.17) is 9.84 Å². The van der Waals surface area contributed by atoms with E-state index in [2.05, 4.69) is 5.32 Å². The molecule has 1 saturated carbocycles. The maximum Gasteiger partial charge on any atom is 0.306 e. The van der Waals surface area contributed by atoms with Crippen molar-refractivity contribution in [1.29, 1.82) is 0 Å². The minimum Gasteiger partial charge on any atom is -0.481 e. The average molecular weight is 298 g/mol. The molecule has 7 heteroatoms. The Bertz CT molecular complexity index is 422. The van der Waals surface area contributed by atoms with Crippen molar-refractivity contribution in [1.82, 2.24) is 10.2 Å². The lowest BCUT2D eigenvalue weighted by molar-refractivity contribution is -0.140. The number of amides is 2. The van der Waals surface area contributed by atoms with Crippen LogP contribution in [0.25, 0.3) is 0 Å². The van der Waals surface area contributed by atoms with Gasteiger partial charge in [-0.25, -0.2) is 0 Å². The Labute approximate surface area is 123 Å². The van der Waals surface area contributed by atoms with Crippen LogP contribution in [0, 0.1) is 5.92 Å². The number of aliphatic carboxylic acids is 1. The van der Waals surface area contributed by atoms with Crippen molar-refractivity contribution in [2.45, 2.75) is 44.2 Å². The fourth-order valence-corrected chi connectivity index (χ4v) is 2.63. The predicted molar refractivity (Wildman–Crippen MR) is 73.5 cm³/mol. The molecule has 0 bridgehead atoms. The number of carbonyl (C=O) groups is 3. The van der Waals surface area contributed by atoms with E-state index in [9.17, 15) is 14.4 Å². The summed E-state index contributed by atoms with van der Waals surface area (Å²) in [5.74, 6) is -0.991. The van der Waals surface area contributed by atoms with Crippen LogP contribution in [0.5, 0.6) is 0 Å². The summed E-state index contributed by atoms with van der Waals surface area (Å²) in [5.41, 5.74) is 0.